The van der Waals surface area contributed by atoms with Crippen molar-refractivity contribution < 1.29 is 14.6 Å². The van der Waals surface area contributed by atoms with Crippen molar-refractivity contribution in [2.45, 2.75) is 18.9 Å². The minimum Gasteiger partial charge on any atom is -0.389 e. The molecule has 1 atom stereocenters. The number of carbonyl (C=O) groups excluding carboxylic acids is 1. The number of hydrogen-bond acceptors (Lipinski definition) is 4. The maximum Gasteiger partial charge on any atom is 0.254 e. The molecule has 1 aliphatic rings. The van der Waals surface area contributed by atoms with Crippen molar-refractivity contribution >= 4 is 17.5 Å². The van der Waals surface area contributed by atoms with Gasteiger partial charge in [-0.2, -0.15) is 0 Å². The van der Waals surface area contributed by atoms with Gasteiger partial charge in [0.1, 0.15) is 5.15 Å². The van der Waals surface area contributed by atoms with E-state index in [1.165, 1.54) is 19.0 Å². The van der Waals surface area contributed by atoms with Crippen LogP contribution in [0.3, 0.4) is 0 Å². The molecule has 1 aromatic rings. The van der Waals surface area contributed by atoms with Crippen LogP contribution >= 0.6 is 11.6 Å². The van der Waals surface area contributed by atoms with E-state index in [9.17, 15) is 9.90 Å². The average molecular weight is 285 g/mol. The first-order valence-corrected chi connectivity index (χ1v) is 6.69. The zero-order chi connectivity index (χ0) is 13.7. The van der Waals surface area contributed by atoms with Crippen molar-refractivity contribution in [1.29, 1.82) is 0 Å². The fourth-order valence-corrected chi connectivity index (χ4v) is 1.78. The van der Waals surface area contributed by atoms with Crippen LogP contribution in [0.4, 0.5) is 0 Å². The smallest absolute Gasteiger partial charge is 0.254 e. The first kappa shape index (κ1) is 14.2. The number of ether oxygens (including phenoxy) is 1. The molecule has 0 saturated heterocycles. The lowest BCUT2D eigenvalue weighted by Gasteiger charge is -2.12. The lowest BCUT2D eigenvalue weighted by atomic mass is 10.2. The second kappa shape index (κ2) is 6.84. The fourth-order valence-electron chi connectivity index (χ4n) is 1.58. The number of amides is 1. The quantitative estimate of drug-likeness (QED) is 0.739. The molecule has 2 N–H and O–H groups in total. The number of rotatable bonds is 7. The Kier molecular flexibility index (Phi) is 5.13. The van der Waals surface area contributed by atoms with Gasteiger partial charge in [0.15, 0.2) is 0 Å². The SMILES string of the molecule is O=C(NCC(O)COCC1CC1)c1cccnc1Cl. The van der Waals surface area contributed by atoms with Crippen LogP contribution < -0.4 is 5.32 Å². The van der Waals surface area contributed by atoms with E-state index >= 15 is 0 Å². The van der Waals surface area contributed by atoms with E-state index in [0.29, 0.717) is 18.1 Å². The number of carbonyl (C=O) groups is 1. The van der Waals surface area contributed by atoms with Gasteiger partial charge in [-0.15, -0.1) is 0 Å². The van der Waals surface area contributed by atoms with Gasteiger partial charge in [0.25, 0.3) is 5.91 Å². The van der Waals surface area contributed by atoms with E-state index in [4.69, 9.17) is 16.3 Å². The van der Waals surface area contributed by atoms with E-state index in [1.54, 1.807) is 12.1 Å². The standard InChI is InChI=1S/C13H17ClN2O3/c14-12-11(2-1-5-15-12)13(18)16-6-10(17)8-19-7-9-3-4-9/h1-2,5,9-10,17H,3-4,6-8H2,(H,16,18). The normalized spacial score (nSPS) is 16.1. The third kappa shape index (κ3) is 4.78. The highest BCUT2D eigenvalue weighted by Crippen LogP contribution is 2.28. The zero-order valence-electron chi connectivity index (χ0n) is 10.5. The van der Waals surface area contributed by atoms with E-state index in [1.807, 2.05) is 0 Å². The Balaban J connectivity index is 1.68. The second-order valence-corrected chi connectivity index (χ2v) is 5.04. The molecule has 19 heavy (non-hydrogen) atoms. The summed E-state index contributed by atoms with van der Waals surface area (Å²) >= 11 is 5.80. The summed E-state index contributed by atoms with van der Waals surface area (Å²) in [4.78, 5) is 15.6. The van der Waals surface area contributed by atoms with E-state index in [-0.39, 0.29) is 24.2 Å². The summed E-state index contributed by atoms with van der Waals surface area (Å²) in [5, 5.41) is 12.4. The van der Waals surface area contributed by atoms with Crippen molar-refractivity contribution in [3.63, 3.8) is 0 Å². The molecule has 1 amide bonds. The molecule has 0 bridgehead atoms. The first-order chi connectivity index (χ1) is 9.16. The Bertz CT molecular complexity index is 438. The van der Waals surface area contributed by atoms with Crippen molar-refractivity contribution in [1.82, 2.24) is 10.3 Å². The molecule has 1 unspecified atom stereocenters. The van der Waals surface area contributed by atoms with Crippen molar-refractivity contribution in [2.24, 2.45) is 5.92 Å². The van der Waals surface area contributed by atoms with Gasteiger partial charge in [0.05, 0.1) is 18.3 Å². The summed E-state index contributed by atoms with van der Waals surface area (Å²) in [6.45, 7) is 1.06. The maximum atomic E-state index is 11.8. The molecule has 6 heteroatoms. The van der Waals surface area contributed by atoms with Crippen LogP contribution in [0.2, 0.25) is 5.15 Å². The fraction of sp³-hybridized carbons (Fsp3) is 0.538. The van der Waals surface area contributed by atoms with Gasteiger partial charge in [-0.1, -0.05) is 11.6 Å². The van der Waals surface area contributed by atoms with Crippen LogP contribution in [0.25, 0.3) is 0 Å². The van der Waals surface area contributed by atoms with Gasteiger partial charge < -0.3 is 15.2 Å². The van der Waals surface area contributed by atoms with E-state index < -0.39 is 6.10 Å². The van der Waals surface area contributed by atoms with Gasteiger partial charge >= 0.3 is 0 Å². The Morgan fingerprint density at radius 2 is 2.42 bits per heavy atom. The number of pyridine rings is 1. The number of nitrogens with one attached hydrogen (secondary N) is 1. The lowest BCUT2D eigenvalue weighted by molar-refractivity contribution is 0.0320. The Hall–Kier alpha value is -1.17. The summed E-state index contributed by atoms with van der Waals surface area (Å²) in [5.74, 6) is 0.315. The predicted octanol–water partition coefficient (Wildman–Crippen LogP) is 1.25. The molecule has 104 valence electrons. The molecule has 0 spiro atoms. The summed E-state index contributed by atoms with van der Waals surface area (Å²) in [7, 11) is 0. The summed E-state index contributed by atoms with van der Waals surface area (Å²) in [5.41, 5.74) is 0.301. The van der Waals surface area contributed by atoms with Gasteiger partial charge in [0.2, 0.25) is 0 Å². The van der Waals surface area contributed by atoms with Gasteiger partial charge in [-0.3, -0.25) is 4.79 Å². The summed E-state index contributed by atoms with van der Waals surface area (Å²) in [6, 6.07) is 3.22. The van der Waals surface area contributed by atoms with Crippen LogP contribution in [0.15, 0.2) is 18.3 Å². The topological polar surface area (TPSA) is 71.5 Å². The zero-order valence-corrected chi connectivity index (χ0v) is 11.3. The first-order valence-electron chi connectivity index (χ1n) is 6.31. The van der Waals surface area contributed by atoms with Gasteiger partial charge in [-0.25, -0.2) is 4.98 Å². The van der Waals surface area contributed by atoms with Crippen molar-refractivity contribution in [3.8, 4) is 0 Å². The van der Waals surface area contributed by atoms with Crippen LogP contribution in [0.1, 0.15) is 23.2 Å². The largest absolute Gasteiger partial charge is 0.389 e. The number of aromatic nitrogens is 1. The van der Waals surface area contributed by atoms with E-state index in [0.717, 1.165) is 0 Å². The third-order valence-electron chi connectivity index (χ3n) is 2.86. The summed E-state index contributed by atoms with van der Waals surface area (Å²) < 4.78 is 5.34. The number of aliphatic hydroxyl groups is 1. The molecule has 1 aromatic heterocycles. The number of halogens is 1. The average Bonchev–Trinajstić information content (AvgIpc) is 3.20. The van der Waals surface area contributed by atoms with Crippen LogP contribution in [0.5, 0.6) is 0 Å². The van der Waals surface area contributed by atoms with Gasteiger partial charge in [-0.05, 0) is 30.9 Å². The second-order valence-electron chi connectivity index (χ2n) is 4.69. The summed E-state index contributed by atoms with van der Waals surface area (Å²) in [6.07, 6.45) is 3.23. The molecule has 1 fully saturated rings. The Labute approximate surface area is 116 Å². The minimum absolute atomic E-state index is 0.134. The van der Waals surface area contributed by atoms with Crippen molar-refractivity contribution in [2.75, 3.05) is 19.8 Å². The highest BCUT2D eigenvalue weighted by atomic mass is 35.5. The molecular formula is C13H17ClN2O3. The third-order valence-corrected chi connectivity index (χ3v) is 3.16. The van der Waals surface area contributed by atoms with Crippen LogP contribution in [-0.4, -0.2) is 41.9 Å². The highest BCUT2D eigenvalue weighted by molar-refractivity contribution is 6.32. The molecule has 0 aromatic carbocycles. The van der Waals surface area contributed by atoms with E-state index in [2.05, 4.69) is 10.3 Å². The molecule has 0 radical (unpaired) electrons. The number of hydrogen-bond donors (Lipinski definition) is 2. The predicted molar refractivity (Wildman–Crippen MR) is 71.1 cm³/mol. The molecule has 0 aliphatic heterocycles. The number of nitrogens with zero attached hydrogens (tertiary/aromatic N) is 1. The number of aliphatic hydroxyl groups excluding tert-OH is 1. The maximum absolute atomic E-state index is 11.8. The molecule has 1 heterocycles. The highest BCUT2D eigenvalue weighted by Gasteiger charge is 2.21. The van der Waals surface area contributed by atoms with Crippen molar-refractivity contribution in [3.05, 3.63) is 29.0 Å². The Morgan fingerprint density at radius 1 is 1.63 bits per heavy atom. The van der Waals surface area contributed by atoms with Crippen LogP contribution in [-0.2, 0) is 4.74 Å². The molecular weight excluding hydrogens is 268 g/mol. The molecule has 1 aliphatic carbocycles. The lowest BCUT2D eigenvalue weighted by Crippen LogP contribution is -2.34. The van der Waals surface area contributed by atoms with Crippen LogP contribution in [0, 0.1) is 5.92 Å². The molecule has 5 nitrogen and oxygen atoms in total. The van der Waals surface area contributed by atoms with Gasteiger partial charge in [0, 0.05) is 19.3 Å². The monoisotopic (exact) mass is 284 g/mol. The Morgan fingerprint density at radius 3 is 3.11 bits per heavy atom. The minimum atomic E-state index is -0.710. The molecule has 1 saturated carbocycles. The molecule has 2 rings (SSSR count).